The van der Waals surface area contributed by atoms with Crippen LogP contribution in [0.5, 0.6) is 5.75 Å². The van der Waals surface area contributed by atoms with Crippen molar-refractivity contribution in [2.24, 2.45) is 0 Å². The van der Waals surface area contributed by atoms with Gasteiger partial charge in [0, 0.05) is 6.92 Å². The third-order valence-electron chi connectivity index (χ3n) is 2.10. The number of benzene rings is 1. The van der Waals surface area contributed by atoms with Gasteiger partial charge in [-0.3, -0.25) is 35.1 Å². The number of rotatable bonds is 4. The van der Waals surface area contributed by atoms with Gasteiger partial charge in [0.25, 0.3) is 0 Å². The number of hydrogen-bond acceptors (Lipinski definition) is 8. The van der Waals surface area contributed by atoms with Gasteiger partial charge >= 0.3 is 17.1 Å². The number of amides is 1. The van der Waals surface area contributed by atoms with Crippen LogP contribution < -0.4 is 5.32 Å². The van der Waals surface area contributed by atoms with Crippen LogP contribution in [-0.2, 0) is 4.79 Å². The maximum Gasteiger partial charge on any atom is 0.389 e. The van der Waals surface area contributed by atoms with E-state index in [0.29, 0.717) is 6.07 Å². The Bertz CT molecular complexity index is 640. The van der Waals surface area contributed by atoms with E-state index in [-0.39, 0.29) is 0 Å². The smallest absolute Gasteiger partial charge is 0.389 e. The first kappa shape index (κ1) is 14.7. The second-order valence-electron chi connectivity index (χ2n) is 3.44. The summed E-state index contributed by atoms with van der Waals surface area (Å²) in [4.78, 5) is 39.6. The molecule has 1 aromatic carbocycles. The molecule has 0 radical (unpaired) electrons. The summed E-state index contributed by atoms with van der Waals surface area (Å²) in [6.45, 7) is 0.909. The van der Waals surface area contributed by atoms with Crippen molar-refractivity contribution in [3.05, 3.63) is 36.4 Å². The average Bonchev–Trinajstić information content (AvgIpc) is 2.28. The summed E-state index contributed by atoms with van der Waals surface area (Å²) in [6, 6.07) is 0.358. The summed E-state index contributed by atoms with van der Waals surface area (Å²) in [7, 11) is 0. The van der Waals surface area contributed by atoms with Crippen LogP contribution in [0.15, 0.2) is 6.07 Å². The molecular weight excluding hydrogens is 280 g/mol. The first-order chi connectivity index (χ1) is 9.16. The Balaban J connectivity index is 3.85. The highest BCUT2D eigenvalue weighted by molar-refractivity contribution is 5.97. The van der Waals surface area contributed by atoms with Gasteiger partial charge in [-0.1, -0.05) is 0 Å². The number of carbonyl (C=O) groups is 1. The molecule has 106 valence electrons. The first-order valence-corrected chi connectivity index (χ1v) is 4.77. The normalized spacial score (nSPS) is 9.85. The highest BCUT2D eigenvalue weighted by Gasteiger charge is 2.39. The lowest BCUT2D eigenvalue weighted by molar-refractivity contribution is -0.424. The number of nitro groups is 3. The minimum absolute atomic E-state index is 0.358. The minimum atomic E-state index is -1.36. The SMILES string of the molecule is CC(=O)Nc1c([N+](=O)[O-])cc(O)c([N+](=O)[O-])c1[N+](=O)[O-]. The second kappa shape index (κ2) is 5.13. The van der Waals surface area contributed by atoms with Gasteiger partial charge in [0.1, 0.15) is 0 Å². The summed E-state index contributed by atoms with van der Waals surface area (Å²) in [5.74, 6) is -2.15. The maximum absolute atomic E-state index is 10.9. The van der Waals surface area contributed by atoms with E-state index < -0.39 is 49.2 Å². The lowest BCUT2D eigenvalue weighted by atomic mass is 10.1. The van der Waals surface area contributed by atoms with Gasteiger partial charge in [-0.2, -0.15) is 0 Å². The molecule has 2 N–H and O–H groups in total. The molecule has 0 aliphatic heterocycles. The van der Waals surface area contributed by atoms with Crippen molar-refractivity contribution in [2.45, 2.75) is 6.92 Å². The maximum atomic E-state index is 10.9. The van der Waals surface area contributed by atoms with E-state index in [9.17, 15) is 40.2 Å². The molecule has 1 aromatic rings. The zero-order valence-corrected chi connectivity index (χ0v) is 9.72. The summed E-state index contributed by atoms with van der Waals surface area (Å²) in [5.41, 5.74) is -4.70. The van der Waals surface area contributed by atoms with Gasteiger partial charge in [-0.15, -0.1) is 0 Å². The molecule has 0 bridgehead atoms. The fourth-order valence-corrected chi connectivity index (χ4v) is 1.43. The van der Waals surface area contributed by atoms with Crippen LogP contribution in [0.25, 0.3) is 0 Å². The molecule has 0 spiro atoms. The summed E-state index contributed by atoms with van der Waals surface area (Å²) < 4.78 is 0. The number of nitrogens with zero attached hydrogens (tertiary/aromatic N) is 3. The Hall–Kier alpha value is -3.31. The van der Waals surface area contributed by atoms with Gasteiger partial charge in [0.15, 0.2) is 0 Å². The van der Waals surface area contributed by atoms with E-state index in [1.807, 2.05) is 0 Å². The van der Waals surface area contributed by atoms with E-state index in [2.05, 4.69) is 0 Å². The molecule has 0 saturated heterocycles. The molecule has 1 amide bonds. The third kappa shape index (κ3) is 2.58. The molecular formula is C8H6N4O8. The van der Waals surface area contributed by atoms with Gasteiger partial charge in [0.2, 0.25) is 17.3 Å². The molecule has 12 nitrogen and oxygen atoms in total. The number of hydrogen-bond donors (Lipinski definition) is 2. The Morgan fingerprint density at radius 3 is 1.95 bits per heavy atom. The number of nitrogens with one attached hydrogen (secondary N) is 1. The van der Waals surface area contributed by atoms with Crippen molar-refractivity contribution in [3.63, 3.8) is 0 Å². The van der Waals surface area contributed by atoms with Crippen LogP contribution >= 0.6 is 0 Å². The summed E-state index contributed by atoms with van der Waals surface area (Å²) >= 11 is 0. The van der Waals surface area contributed by atoms with Crippen molar-refractivity contribution in [1.29, 1.82) is 0 Å². The lowest BCUT2D eigenvalue weighted by Crippen LogP contribution is -2.11. The van der Waals surface area contributed by atoms with E-state index >= 15 is 0 Å². The van der Waals surface area contributed by atoms with E-state index in [4.69, 9.17) is 0 Å². The second-order valence-corrected chi connectivity index (χ2v) is 3.44. The number of carbonyl (C=O) groups excluding carboxylic acids is 1. The van der Waals surface area contributed by atoms with Crippen LogP contribution in [0.3, 0.4) is 0 Å². The number of aromatic hydroxyl groups is 1. The quantitative estimate of drug-likeness (QED) is 0.468. The number of nitro benzene ring substituents is 3. The molecule has 0 atom stereocenters. The molecule has 0 saturated carbocycles. The minimum Gasteiger partial charge on any atom is -0.502 e. The number of anilines is 1. The molecule has 20 heavy (non-hydrogen) atoms. The molecule has 0 fully saturated rings. The van der Waals surface area contributed by atoms with E-state index in [1.54, 1.807) is 5.32 Å². The predicted molar refractivity (Wildman–Crippen MR) is 62.4 cm³/mol. The Kier molecular flexibility index (Phi) is 3.78. The van der Waals surface area contributed by atoms with Crippen LogP contribution in [0, 0.1) is 30.3 Å². The zero-order chi connectivity index (χ0) is 15.6. The van der Waals surface area contributed by atoms with E-state index in [0.717, 1.165) is 6.92 Å². The van der Waals surface area contributed by atoms with Crippen molar-refractivity contribution in [2.75, 3.05) is 5.32 Å². The van der Waals surface area contributed by atoms with E-state index in [1.165, 1.54) is 0 Å². The molecule has 0 aromatic heterocycles. The van der Waals surface area contributed by atoms with Crippen molar-refractivity contribution >= 4 is 28.7 Å². The van der Waals surface area contributed by atoms with Crippen LogP contribution in [0.1, 0.15) is 6.92 Å². The molecule has 0 unspecified atom stereocenters. The van der Waals surface area contributed by atoms with Gasteiger partial charge in [0.05, 0.1) is 20.8 Å². The van der Waals surface area contributed by atoms with Gasteiger partial charge < -0.3 is 10.4 Å². The highest BCUT2D eigenvalue weighted by atomic mass is 16.6. The standard InChI is InChI=1S/C8H6N4O8/c1-3(13)9-6-4(10(15)16)2-5(14)7(11(17)18)8(6)12(19)20/h2,14H,1H3,(H,9,13). The molecule has 0 aliphatic rings. The Labute approximate surface area is 109 Å². The Morgan fingerprint density at radius 2 is 1.60 bits per heavy atom. The fourth-order valence-electron chi connectivity index (χ4n) is 1.43. The predicted octanol–water partition coefficient (Wildman–Crippen LogP) is 1.08. The zero-order valence-electron chi connectivity index (χ0n) is 9.72. The van der Waals surface area contributed by atoms with Crippen LogP contribution in [0.4, 0.5) is 22.7 Å². The highest BCUT2D eigenvalue weighted by Crippen LogP contribution is 2.46. The van der Waals surface area contributed by atoms with Crippen molar-refractivity contribution < 1.29 is 24.7 Å². The lowest BCUT2D eigenvalue weighted by Gasteiger charge is -2.06. The number of phenols is 1. The fraction of sp³-hybridized carbons (Fsp3) is 0.125. The Morgan fingerprint density at radius 1 is 1.10 bits per heavy atom. The molecule has 0 heterocycles. The summed E-state index contributed by atoms with van der Waals surface area (Å²) in [6.07, 6.45) is 0. The monoisotopic (exact) mass is 286 g/mol. The topological polar surface area (TPSA) is 179 Å². The molecule has 0 aliphatic carbocycles. The average molecular weight is 286 g/mol. The van der Waals surface area contributed by atoms with Crippen LogP contribution in [0.2, 0.25) is 0 Å². The van der Waals surface area contributed by atoms with Crippen molar-refractivity contribution in [1.82, 2.24) is 0 Å². The van der Waals surface area contributed by atoms with Gasteiger partial charge in [-0.05, 0) is 0 Å². The summed E-state index contributed by atoms with van der Waals surface area (Å²) in [5, 5.41) is 43.5. The number of phenolic OH excluding ortho intramolecular Hbond substituents is 1. The van der Waals surface area contributed by atoms with Crippen LogP contribution in [-0.4, -0.2) is 25.8 Å². The third-order valence-corrected chi connectivity index (χ3v) is 2.10. The largest absolute Gasteiger partial charge is 0.502 e. The van der Waals surface area contributed by atoms with Crippen molar-refractivity contribution in [3.8, 4) is 5.75 Å². The molecule has 12 heteroatoms. The van der Waals surface area contributed by atoms with Gasteiger partial charge in [-0.25, -0.2) is 0 Å². The first-order valence-electron chi connectivity index (χ1n) is 4.77. The molecule has 1 rings (SSSR count).